The summed E-state index contributed by atoms with van der Waals surface area (Å²) in [4.78, 5) is 45.8. The number of hydrogen-bond donors (Lipinski definition) is 4. The number of carbonyl (C=O) groups is 4. The molecule has 0 saturated carbocycles. The summed E-state index contributed by atoms with van der Waals surface area (Å²) in [6, 6.07) is -1.89. The van der Waals surface area contributed by atoms with Crippen LogP contribution in [0.1, 0.15) is 60.8 Å². The van der Waals surface area contributed by atoms with Gasteiger partial charge in [0.1, 0.15) is 17.7 Å². The van der Waals surface area contributed by atoms with E-state index in [2.05, 4.69) is 16.0 Å². The van der Waals surface area contributed by atoms with Crippen molar-refractivity contribution in [1.29, 1.82) is 0 Å². The number of rotatable bonds is 12. The molecule has 0 aliphatic rings. The zero-order chi connectivity index (χ0) is 22.7. The molecule has 29 heavy (non-hydrogen) atoms. The highest BCUT2D eigenvalue weighted by Crippen LogP contribution is 2.09. The Morgan fingerprint density at radius 1 is 1.00 bits per heavy atom. The minimum absolute atomic E-state index is 0.0289. The first-order valence-corrected chi connectivity index (χ1v) is 9.59. The summed E-state index contributed by atoms with van der Waals surface area (Å²) < 4.78 is 10.8. The van der Waals surface area contributed by atoms with Crippen LogP contribution in [-0.4, -0.2) is 65.9 Å². The van der Waals surface area contributed by atoms with E-state index in [1.807, 2.05) is 20.8 Å². The maximum atomic E-state index is 12.5. The van der Waals surface area contributed by atoms with Gasteiger partial charge in [-0.05, 0) is 60.8 Å². The fourth-order valence-electron chi connectivity index (χ4n) is 2.13. The molecular formula is C19H35N3O7. The van der Waals surface area contributed by atoms with E-state index in [4.69, 9.17) is 14.6 Å². The molecule has 0 saturated heterocycles. The highest BCUT2D eigenvalue weighted by atomic mass is 16.6. The van der Waals surface area contributed by atoms with E-state index >= 15 is 0 Å². The van der Waals surface area contributed by atoms with Crippen LogP contribution >= 0.6 is 0 Å². The Balaban J connectivity index is 4.60. The van der Waals surface area contributed by atoms with Gasteiger partial charge >= 0.3 is 12.1 Å². The van der Waals surface area contributed by atoms with Gasteiger partial charge in [0.15, 0.2) is 0 Å². The van der Waals surface area contributed by atoms with Gasteiger partial charge in [-0.3, -0.25) is 9.59 Å². The number of carbonyl (C=O) groups excluding carboxylic acids is 3. The third kappa shape index (κ3) is 14.3. The van der Waals surface area contributed by atoms with E-state index < -0.39 is 41.3 Å². The Morgan fingerprint density at radius 3 is 2.10 bits per heavy atom. The lowest BCUT2D eigenvalue weighted by atomic mass is 10.1. The van der Waals surface area contributed by atoms with Gasteiger partial charge in [-0.15, -0.1) is 0 Å². The average molecular weight is 418 g/mol. The number of aliphatic carboxylic acids is 1. The van der Waals surface area contributed by atoms with Gasteiger partial charge in [0.2, 0.25) is 12.3 Å². The number of amides is 3. The second-order valence-electron chi connectivity index (χ2n) is 8.58. The molecule has 0 aromatic carbocycles. The van der Waals surface area contributed by atoms with E-state index in [1.54, 1.807) is 20.8 Å². The third-order valence-corrected chi connectivity index (χ3v) is 3.48. The smallest absolute Gasteiger partial charge is 0.408 e. The topological polar surface area (TPSA) is 143 Å². The molecule has 2 atom stereocenters. The molecule has 0 aliphatic heterocycles. The standard InChI is InChI=1S/C19H35N3O7/c1-18(2,3)28-11-14(22-17(27)29-19(4,5)6)15(24)20-10-8-7-9-13(16(25)26)21-12-23/h12-14H,7-11H2,1-6H3,(H,20,24)(H,21,23)(H,22,27)(H,25,26). The lowest BCUT2D eigenvalue weighted by molar-refractivity contribution is -0.140. The van der Waals surface area contributed by atoms with Crippen molar-refractivity contribution in [3.63, 3.8) is 0 Å². The Labute approximate surface area is 172 Å². The van der Waals surface area contributed by atoms with Gasteiger partial charge in [0, 0.05) is 6.54 Å². The number of alkyl carbamates (subject to hydrolysis) is 1. The molecule has 0 heterocycles. The zero-order valence-corrected chi connectivity index (χ0v) is 18.2. The number of carboxylic acid groups (broad SMARTS) is 1. The van der Waals surface area contributed by atoms with Crippen molar-refractivity contribution in [3.05, 3.63) is 0 Å². The summed E-state index contributed by atoms with van der Waals surface area (Å²) in [5.41, 5.74) is -1.20. The third-order valence-electron chi connectivity index (χ3n) is 3.48. The minimum atomic E-state index is -1.11. The maximum Gasteiger partial charge on any atom is 0.408 e. The van der Waals surface area contributed by atoms with Gasteiger partial charge in [-0.1, -0.05) is 0 Å². The van der Waals surface area contributed by atoms with Crippen molar-refractivity contribution in [2.24, 2.45) is 0 Å². The molecule has 0 rings (SSSR count). The number of hydrogen-bond acceptors (Lipinski definition) is 6. The molecular weight excluding hydrogens is 382 g/mol. The predicted molar refractivity (Wildman–Crippen MR) is 106 cm³/mol. The lowest BCUT2D eigenvalue weighted by Gasteiger charge is -2.26. The number of nitrogens with one attached hydrogen (secondary N) is 3. The van der Waals surface area contributed by atoms with Gasteiger partial charge in [-0.2, -0.15) is 0 Å². The predicted octanol–water partition coefficient (Wildman–Crippen LogP) is 1.18. The molecule has 10 nitrogen and oxygen atoms in total. The Morgan fingerprint density at radius 2 is 1.62 bits per heavy atom. The van der Waals surface area contributed by atoms with Crippen molar-refractivity contribution in [3.8, 4) is 0 Å². The molecule has 0 aliphatic carbocycles. The number of ether oxygens (including phenoxy) is 2. The molecule has 3 amide bonds. The fourth-order valence-corrected chi connectivity index (χ4v) is 2.13. The van der Waals surface area contributed by atoms with Crippen molar-refractivity contribution in [1.82, 2.24) is 16.0 Å². The first-order chi connectivity index (χ1) is 13.2. The molecule has 0 fully saturated rings. The van der Waals surface area contributed by atoms with E-state index in [-0.39, 0.29) is 19.6 Å². The summed E-state index contributed by atoms with van der Waals surface area (Å²) >= 11 is 0. The van der Waals surface area contributed by atoms with E-state index in [9.17, 15) is 19.2 Å². The Kier molecular flexibility index (Phi) is 11.3. The quantitative estimate of drug-likeness (QED) is 0.276. The largest absolute Gasteiger partial charge is 0.480 e. The maximum absolute atomic E-state index is 12.5. The van der Waals surface area contributed by atoms with E-state index in [1.165, 1.54) is 0 Å². The molecule has 168 valence electrons. The summed E-state index contributed by atoms with van der Waals surface area (Å²) in [5.74, 6) is -1.54. The van der Waals surface area contributed by atoms with Crippen molar-refractivity contribution in [2.45, 2.75) is 84.1 Å². The van der Waals surface area contributed by atoms with Gasteiger partial charge < -0.3 is 30.5 Å². The summed E-state index contributed by atoms with van der Waals surface area (Å²) in [6.07, 6.45) is 0.870. The van der Waals surface area contributed by atoms with Gasteiger partial charge in [-0.25, -0.2) is 9.59 Å². The second kappa shape index (κ2) is 12.3. The lowest BCUT2D eigenvalue weighted by Crippen LogP contribution is -2.51. The van der Waals surface area contributed by atoms with Crippen LogP contribution in [0.3, 0.4) is 0 Å². The average Bonchev–Trinajstić information content (AvgIpc) is 2.54. The first-order valence-electron chi connectivity index (χ1n) is 9.59. The number of unbranched alkanes of at least 4 members (excludes halogenated alkanes) is 1. The van der Waals surface area contributed by atoms with Crippen molar-refractivity contribution in [2.75, 3.05) is 13.2 Å². The molecule has 0 spiro atoms. The van der Waals surface area contributed by atoms with Crippen molar-refractivity contribution < 1.29 is 33.8 Å². The molecule has 0 aromatic heterocycles. The van der Waals surface area contributed by atoms with Crippen LogP contribution in [0.5, 0.6) is 0 Å². The van der Waals surface area contributed by atoms with E-state index in [0.717, 1.165) is 0 Å². The van der Waals surface area contributed by atoms with Crippen LogP contribution in [-0.2, 0) is 23.9 Å². The van der Waals surface area contributed by atoms with Gasteiger partial charge in [0.05, 0.1) is 12.2 Å². The highest BCUT2D eigenvalue weighted by molar-refractivity contribution is 5.85. The molecule has 10 heteroatoms. The highest BCUT2D eigenvalue weighted by Gasteiger charge is 2.26. The molecule has 4 N–H and O–H groups in total. The monoisotopic (exact) mass is 417 g/mol. The molecule has 0 radical (unpaired) electrons. The SMILES string of the molecule is CC(C)(C)OCC(NC(=O)OC(C)(C)C)C(=O)NCCCCC(NC=O)C(=O)O. The van der Waals surface area contributed by atoms with Crippen LogP contribution in [0.4, 0.5) is 4.79 Å². The molecule has 2 unspecified atom stereocenters. The second-order valence-corrected chi connectivity index (χ2v) is 8.58. The van der Waals surface area contributed by atoms with Gasteiger partial charge in [0.25, 0.3) is 0 Å². The minimum Gasteiger partial charge on any atom is -0.480 e. The first kappa shape index (κ1) is 26.6. The normalized spacial score (nSPS) is 13.7. The van der Waals surface area contributed by atoms with Crippen LogP contribution in [0.2, 0.25) is 0 Å². The van der Waals surface area contributed by atoms with Crippen LogP contribution in [0, 0.1) is 0 Å². The van der Waals surface area contributed by atoms with E-state index in [0.29, 0.717) is 19.3 Å². The molecule has 0 aromatic rings. The Hall–Kier alpha value is -2.36. The summed E-state index contributed by atoms with van der Waals surface area (Å²) in [6.45, 7) is 10.9. The number of carboxylic acids is 1. The van der Waals surface area contributed by atoms with Crippen molar-refractivity contribution >= 4 is 24.4 Å². The van der Waals surface area contributed by atoms with Crippen LogP contribution < -0.4 is 16.0 Å². The Bertz CT molecular complexity index is 553. The fraction of sp³-hybridized carbons (Fsp3) is 0.789. The zero-order valence-electron chi connectivity index (χ0n) is 18.2. The van der Waals surface area contributed by atoms with Crippen LogP contribution in [0.25, 0.3) is 0 Å². The summed E-state index contributed by atoms with van der Waals surface area (Å²) in [5, 5.41) is 16.4. The van der Waals surface area contributed by atoms with Crippen LogP contribution in [0.15, 0.2) is 0 Å². The summed E-state index contributed by atoms with van der Waals surface area (Å²) in [7, 11) is 0. The molecule has 0 bridgehead atoms.